The number of hydrogen-bond acceptors (Lipinski definition) is 5. The molecule has 0 aliphatic carbocycles. The molecular formula is C18H21N5O2. The fourth-order valence-corrected chi connectivity index (χ4v) is 2.70. The van der Waals surface area contributed by atoms with Crippen LogP contribution in [0.5, 0.6) is 0 Å². The lowest BCUT2D eigenvalue weighted by Gasteiger charge is -2.08. The molecule has 0 aromatic carbocycles. The minimum atomic E-state index is -0.247. The molecule has 7 nitrogen and oxygen atoms in total. The van der Waals surface area contributed by atoms with E-state index in [1.165, 1.54) is 0 Å². The first-order chi connectivity index (χ1) is 11.9. The summed E-state index contributed by atoms with van der Waals surface area (Å²) in [6.07, 6.45) is 1.61. The zero-order chi connectivity index (χ0) is 18.1. The van der Waals surface area contributed by atoms with E-state index < -0.39 is 0 Å². The lowest BCUT2D eigenvalue weighted by Crippen LogP contribution is -2.15. The number of carbonyl (C=O) groups excluding carboxylic acids is 1. The highest BCUT2D eigenvalue weighted by atomic mass is 16.5. The summed E-state index contributed by atoms with van der Waals surface area (Å²) in [6.45, 7) is 9.59. The summed E-state index contributed by atoms with van der Waals surface area (Å²) >= 11 is 0. The Balaban J connectivity index is 1.81. The van der Waals surface area contributed by atoms with Crippen LogP contribution in [0.15, 0.2) is 28.9 Å². The lowest BCUT2D eigenvalue weighted by atomic mass is 10.0. The van der Waals surface area contributed by atoms with Gasteiger partial charge in [-0.25, -0.2) is 9.67 Å². The Morgan fingerprint density at radius 3 is 2.56 bits per heavy atom. The van der Waals surface area contributed by atoms with E-state index in [0.717, 1.165) is 11.4 Å². The summed E-state index contributed by atoms with van der Waals surface area (Å²) in [5.41, 5.74) is 3.60. The maximum absolute atomic E-state index is 12.6. The summed E-state index contributed by atoms with van der Waals surface area (Å²) < 4.78 is 7.04. The predicted octanol–water partition coefficient (Wildman–Crippen LogP) is 3.56. The molecule has 0 aliphatic rings. The van der Waals surface area contributed by atoms with Crippen molar-refractivity contribution in [3.63, 3.8) is 0 Å². The van der Waals surface area contributed by atoms with Crippen LogP contribution in [0.3, 0.4) is 0 Å². The molecule has 0 spiro atoms. The number of aromatic nitrogens is 4. The van der Waals surface area contributed by atoms with Crippen molar-refractivity contribution >= 4 is 11.6 Å². The fourth-order valence-electron chi connectivity index (χ4n) is 2.70. The van der Waals surface area contributed by atoms with Crippen LogP contribution < -0.4 is 5.32 Å². The minimum Gasteiger partial charge on any atom is -0.360 e. The topological polar surface area (TPSA) is 85.8 Å². The average molecular weight is 339 g/mol. The largest absolute Gasteiger partial charge is 0.360 e. The molecule has 0 unspecified atom stereocenters. The van der Waals surface area contributed by atoms with Gasteiger partial charge in [-0.05, 0) is 39.0 Å². The molecule has 0 atom stereocenters. The van der Waals surface area contributed by atoms with Gasteiger partial charge in [0.25, 0.3) is 5.91 Å². The minimum absolute atomic E-state index is 0.0773. The summed E-state index contributed by atoms with van der Waals surface area (Å²) in [6, 6.07) is 5.60. The summed E-state index contributed by atoms with van der Waals surface area (Å²) in [5.74, 6) is 1.12. The Morgan fingerprint density at radius 1 is 1.24 bits per heavy atom. The highest BCUT2D eigenvalue weighted by Crippen LogP contribution is 2.23. The Hall–Kier alpha value is -2.96. The Bertz CT molecular complexity index is 906. The van der Waals surface area contributed by atoms with Gasteiger partial charge in [0.2, 0.25) is 0 Å². The molecule has 0 fully saturated rings. The molecule has 7 heteroatoms. The number of hydrogen-bond donors (Lipinski definition) is 1. The van der Waals surface area contributed by atoms with Gasteiger partial charge in [0.1, 0.15) is 5.56 Å². The molecule has 0 radical (unpaired) electrons. The smallest absolute Gasteiger partial charge is 0.261 e. The van der Waals surface area contributed by atoms with Crippen LogP contribution in [0.2, 0.25) is 0 Å². The molecular weight excluding hydrogens is 318 g/mol. The van der Waals surface area contributed by atoms with E-state index in [2.05, 4.69) is 20.6 Å². The second-order valence-electron chi connectivity index (χ2n) is 6.36. The Morgan fingerprint density at radius 2 is 2.00 bits per heavy atom. The van der Waals surface area contributed by atoms with E-state index in [9.17, 15) is 4.79 Å². The number of nitrogens with one attached hydrogen (secondary N) is 1. The number of amides is 1. The van der Waals surface area contributed by atoms with E-state index in [-0.39, 0.29) is 11.8 Å². The third-order valence-corrected chi connectivity index (χ3v) is 3.87. The van der Waals surface area contributed by atoms with Crippen molar-refractivity contribution in [2.24, 2.45) is 0 Å². The normalized spacial score (nSPS) is 11.1. The van der Waals surface area contributed by atoms with Crippen molar-refractivity contribution in [1.29, 1.82) is 0 Å². The van der Waals surface area contributed by atoms with E-state index in [1.807, 2.05) is 39.8 Å². The van der Waals surface area contributed by atoms with Crippen molar-refractivity contribution in [3.05, 3.63) is 52.8 Å². The average Bonchev–Trinajstić information content (AvgIpc) is 3.10. The molecule has 0 saturated heterocycles. The quantitative estimate of drug-likeness (QED) is 0.785. The van der Waals surface area contributed by atoms with Crippen molar-refractivity contribution in [2.45, 2.75) is 40.5 Å². The zero-order valence-electron chi connectivity index (χ0n) is 15.0. The first-order valence-electron chi connectivity index (χ1n) is 8.14. The molecule has 3 aromatic rings. The van der Waals surface area contributed by atoms with Gasteiger partial charge in [0, 0.05) is 11.6 Å². The molecule has 3 heterocycles. The first kappa shape index (κ1) is 16.9. The maximum atomic E-state index is 12.6. The second-order valence-corrected chi connectivity index (χ2v) is 6.36. The number of nitrogens with zero attached hydrogens (tertiary/aromatic N) is 4. The molecule has 1 amide bonds. The molecule has 3 aromatic heterocycles. The van der Waals surface area contributed by atoms with E-state index >= 15 is 0 Å². The van der Waals surface area contributed by atoms with Crippen molar-refractivity contribution < 1.29 is 9.32 Å². The third-order valence-electron chi connectivity index (χ3n) is 3.87. The maximum Gasteiger partial charge on any atom is 0.261 e. The number of rotatable bonds is 4. The van der Waals surface area contributed by atoms with Crippen LogP contribution in [-0.4, -0.2) is 25.8 Å². The second kappa shape index (κ2) is 6.51. The van der Waals surface area contributed by atoms with Gasteiger partial charge >= 0.3 is 0 Å². The molecule has 0 saturated carbocycles. The van der Waals surface area contributed by atoms with Crippen molar-refractivity contribution in [3.8, 4) is 5.82 Å². The fraction of sp³-hybridized carbons (Fsp3) is 0.333. The third kappa shape index (κ3) is 3.31. The Kier molecular flexibility index (Phi) is 4.39. The molecule has 130 valence electrons. The van der Waals surface area contributed by atoms with Gasteiger partial charge in [-0.2, -0.15) is 5.10 Å². The zero-order valence-corrected chi connectivity index (χ0v) is 15.0. The monoisotopic (exact) mass is 339 g/mol. The van der Waals surface area contributed by atoms with Crippen LogP contribution in [0, 0.1) is 20.8 Å². The van der Waals surface area contributed by atoms with Gasteiger partial charge in [0.05, 0.1) is 23.3 Å². The van der Waals surface area contributed by atoms with Gasteiger partial charge in [-0.1, -0.05) is 19.0 Å². The summed E-state index contributed by atoms with van der Waals surface area (Å²) in [5, 5.41) is 11.2. The van der Waals surface area contributed by atoms with Gasteiger partial charge in [0.15, 0.2) is 11.6 Å². The highest BCUT2D eigenvalue weighted by molar-refractivity contribution is 6.05. The van der Waals surface area contributed by atoms with Crippen LogP contribution >= 0.6 is 0 Å². The number of anilines is 1. The highest BCUT2D eigenvalue weighted by Gasteiger charge is 2.22. The van der Waals surface area contributed by atoms with Gasteiger partial charge in [-0.15, -0.1) is 0 Å². The van der Waals surface area contributed by atoms with Crippen LogP contribution in [0.4, 0.5) is 5.69 Å². The number of carbonyl (C=O) groups is 1. The molecule has 25 heavy (non-hydrogen) atoms. The van der Waals surface area contributed by atoms with Crippen molar-refractivity contribution in [2.75, 3.05) is 5.32 Å². The van der Waals surface area contributed by atoms with Crippen LogP contribution in [0.1, 0.15) is 53.0 Å². The molecule has 3 rings (SSSR count). The summed E-state index contributed by atoms with van der Waals surface area (Å²) in [4.78, 5) is 17.0. The van der Waals surface area contributed by atoms with Crippen LogP contribution in [0.25, 0.3) is 5.82 Å². The molecule has 0 aliphatic heterocycles. The van der Waals surface area contributed by atoms with Gasteiger partial charge < -0.3 is 9.84 Å². The Labute approximate surface area is 146 Å². The lowest BCUT2D eigenvalue weighted by molar-refractivity contribution is 0.102. The number of aryl methyl sites for hydroxylation is 3. The molecule has 0 bridgehead atoms. The summed E-state index contributed by atoms with van der Waals surface area (Å²) in [7, 11) is 0. The molecule has 1 N–H and O–H groups in total. The van der Waals surface area contributed by atoms with Gasteiger partial charge in [-0.3, -0.25) is 4.79 Å². The van der Waals surface area contributed by atoms with E-state index in [1.54, 1.807) is 23.9 Å². The van der Waals surface area contributed by atoms with E-state index in [0.29, 0.717) is 28.5 Å². The standard InChI is InChI=1S/C18H21N5O2/c1-10(2)17-16(13(5)22-25-17)18(24)20-14-6-7-15(19-9-14)23-12(4)8-11(3)21-23/h6-10H,1-5H3,(H,20,24). The number of pyridine rings is 1. The van der Waals surface area contributed by atoms with E-state index in [4.69, 9.17) is 4.52 Å². The first-order valence-corrected chi connectivity index (χ1v) is 8.14. The predicted molar refractivity (Wildman–Crippen MR) is 94.1 cm³/mol. The SMILES string of the molecule is Cc1cc(C)n(-c2ccc(NC(=O)c3c(C)noc3C(C)C)cn2)n1. The van der Waals surface area contributed by atoms with Crippen LogP contribution in [-0.2, 0) is 0 Å². The van der Waals surface area contributed by atoms with Crippen molar-refractivity contribution in [1.82, 2.24) is 19.9 Å².